The van der Waals surface area contributed by atoms with E-state index in [-0.39, 0.29) is 11.1 Å². The molecule has 0 saturated heterocycles. The van der Waals surface area contributed by atoms with Crippen LogP contribution in [0.3, 0.4) is 0 Å². The number of pyridine rings is 1. The van der Waals surface area contributed by atoms with E-state index in [0.29, 0.717) is 22.9 Å². The standard InChI is InChI=1S/C22H16FN5O/c23-19-8-7-15(12-18(19)16-5-1-2-6-17(16)21(24)29)27-22-26-11-9-20(28-22)14-4-3-10-25-13-14/h1-13H,(H2,24,29)(H,26,27,28). The van der Waals surface area contributed by atoms with Crippen molar-refractivity contribution in [2.24, 2.45) is 5.73 Å². The summed E-state index contributed by atoms with van der Waals surface area (Å²) in [5, 5.41) is 3.07. The van der Waals surface area contributed by atoms with Gasteiger partial charge in [0, 0.05) is 41.0 Å². The predicted octanol–water partition coefficient (Wildman–Crippen LogP) is 4.19. The van der Waals surface area contributed by atoms with Gasteiger partial charge in [-0.1, -0.05) is 18.2 Å². The second-order valence-corrected chi connectivity index (χ2v) is 6.24. The smallest absolute Gasteiger partial charge is 0.249 e. The minimum absolute atomic E-state index is 0.248. The summed E-state index contributed by atoms with van der Waals surface area (Å²) in [5.41, 5.74) is 8.50. The Morgan fingerprint density at radius 3 is 2.62 bits per heavy atom. The first-order valence-corrected chi connectivity index (χ1v) is 8.81. The Morgan fingerprint density at radius 1 is 0.966 bits per heavy atom. The molecule has 0 radical (unpaired) electrons. The highest BCUT2D eigenvalue weighted by Gasteiger charge is 2.14. The lowest BCUT2D eigenvalue weighted by atomic mass is 9.98. The molecule has 2 heterocycles. The number of carbonyl (C=O) groups is 1. The molecule has 2 aromatic carbocycles. The largest absolute Gasteiger partial charge is 0.366 e. The van der Waals surface area contributed by atoms with Crippen LogP contribution in [0.4, 0.5) is 16.0 Å². The van der Waals surface area contributed by atoms with Gasteiger partial charge in [-0.3, -0.25) is 9.78 Å². The third-order valence-electron chi connectivity index (χ3n) is 4.32. The van der Waals surface area contributed by atoms with E-state index in [1.54, 1.807) is 61.1 Å². The molecule has 29 heavy (non-hydrogen) atoms. The van der Waals surface area contributed by atoms with Crippen LogP contribution in [0.1, 0.15) is 10.4 Å². The molecule has 0 unspecified atom stereocenters. The second-order valence-electron chi connectivity index (χ2n) is 6.24. The number of hydrogen-bond donors (Lipinski definition) is 2. The summed E-state index contributed by atoms with van der Waals surface area (Å²) in [7, 11) is 0. The molecule has 0 spiro atoms. The number of hydrogen-bond acceptors (Lipinski definition) is 5. The number of nitrogens with one attached hydrogen (secondary N) is 1. The first-order chi connectivity index (χ1) is 14.1. The lowest BCUT2D eigenvalue weighted by molar-refractivity contribution is 0.100. The minimum atomic E-state index is -0.620. The first-order valence-electron chi connectivity index (χ1n) is 8.81. The zero-order valence-electron chi connectivity index (χ0n) is 15.2. The quantitative estimate of drug-likeness (QED) is 0.537. The van der Waals surface area contributed by atoms with Gasteiger partial charge < -0.3 is 11.1 Å². The van der Waals surface area contributed by atoms with E-state index in [1.807, 2.05) is 12.1 Å². The highest BCUT2D eigenvalue weighted by Crippen LogP contribution is 2.30. The van der Waals surface area contributed by atoms with E-state index >= 15 is 0 Å². The Hall–Kier alpha value is -4.13. The maximum absolute atomic E-state index is 14.5. The maximum atomic E-state index is 14.5. The van der Waals surface area contributed by atoms with Gasteiger partial charge in [0.1, 0.15) is 5.82 Å². The van der Waals surface area contributed by atoms with Gasteiger partial charge in [0.25, 0.3) is 0 Å². The zero-order chi connectivity index (χ0) is 20.2. The Labute approximate surface area is 166 Å². The molecule has 7 heteroatoms. The monoisotopic (exact) mass is 385 g/mol. The molecule has 2 aromatic heterocycles. The van der Waals surface area contributed by atoms with Gasteiger partial charge >= 0.3 is 0 Å². The summed E-state index contributed by atoms with van der Waals surface area (Å²) in [6.07, 6.45) is 5.03. The summed E-state index contributed by atoms with van der Waals surface area (Å²) < 4.78 is 14.5. The van der Waals surface area contributed by atoms with Gasteiger partial charge in [-0.25, -0.2) is 14.4 Å². The zero-order valence-corrected chi connectivity index (χ0v) is 15.2. The molecule has 4 aromatic rings. The van der Waals surface area contributed by atoms with Crippen LogP contribution in [0.2, 0.25) is 0 Å². The number of nitrogens with two attached hydrogens (primary N) is 1. The van der Waals surface area contributed by atoms with Crippen molar-refractivity contribution in [1.82, 2.24) is 15.0 Å². The fourth-order valence-corrected chi connectivity index (χ4v) is 2.97. The van der Waals surface area contributed by atoms with Gasteiger partial charge in [-0.2, -0.15) is 0 Å². The Morgan fingerprint density at radius 2 is 1.83 bits per heavy atom. The van der Waals surface area contributed by atoms with Crippen molar-refractivity contribution in [2.75, 3.05) is 5.32 Å². The molecule has 0 saturated carbocycles. The van der Waals surface area contributed by atoms with Crippen LogP contribution in [0.15, 0.2) is 79.3 Å². The summed E-state index contributed by atoms with van der Waals surface area (Å²) in [6.45, 7) is 0. The molecule has 0 aliphatic carbocycles. The molecule has 6 nitrogen and oxygen atoms in total. The van der Waals surface area contributed by atoms with Crippen LogP contribution in [-0.2, 0) is 0 Å². The molecular formula is C22H16FN5O. The molecule has 3 N–H and O–H groups in total. The normalized spacial score (nSPS) is 10.5. The van der Waals surface area contributed by atoms with Crippen LogP contribution in [0.25, 0.3) is 22.4 Å². The minimum Gasteiger partial charge on any atom is -0.366 e. The number of carbonyl (C=O) groups excluding carboxylic acids is 1. The van der Waals surface area contributed by atoms with Crippen molar-refractivity contribution in [1.29, 1.82) is 0 Å². The Bertz CT molecular complexity index is 1180. The van der Waals surface area contributed by atoms with Gasteiger partial charge in [-0.15, -0.1) is 0 Å². The van der Waals surface area contributed by atoms with Gasteiger partial charge in [0.2, 0.25) is 11.9 Å². The van der Waals surface area contributed by atoms with E-state index in [1.165, 1.54) is 6.07 Å². The van der Waals surface area contributed by atoms with Crippen molar-refractivity contribution < 1.29 is 9.18 Å². The average Bonchev–Trinajstić information content (AvgIpc) is 2.76. The number of nitrogens with zero attached hydrogens (tertiary/aromatic N) is 3. The van der Waals surface area contributed by atoms with Crippen molar-refractivity contribution in [3.05, 3.63) is 90.6 Å². The van der Waals surface area contributed by atoms with Crippen molar-refractivity contribution in [3.8, 4) is 22.4 Å². The first kappa shape index (κ1) is 18.2. The third kappa shape index (κ3) is 3.93. The van der Waals surface area contributed by atoms with Crippen LogP contribution < -0.4 is 11.1 Å². The summed E-state index contributed by atoms with van der Waals surface area (Å²) in [4.78, 5) is 24.5. The number of rotatable bonds is 5. The highest BCUT2D eigenvalue weighted by molar-refractivity contribution is 6.00. The van der Waals surface area contributed by atoms with Gasteiger partial charge in [0.05, 0.1) is 5.69 Å². The third-order valence-corrected chi connectivity index (χ3v) is 4.32. The number of primary amides is 1. The molecule has 1 amide bonds. The predicted molar refractivity (Wildman–Crippen MR) is 109 cm³/mol. The number of benzene rings is 2. The summed E-state index contributed by atoms with van der Waals surface area (Å²) in [6, 6.07) is 16.6. The van der Waals surface area contributed by atoms with Crippen LogP contribution in [0, 0.1) is 5.82 Å². The molecule has 142 valence electrons. The molecule has 0 aliphatic rings. The second kappa shape index (κ2) is 7.85. The van der Waals surface area contributed by atoms with E-state index in [2.05, 4.69) is 20.3 Å². The number of amides is 1. The number of anilines is 2. The molecule has 0 atom stereocenters. The molecule has 0 fully saturated rings. The van der Waals surface area contributed by atoms with Crippen molar-refractivity contribution in [3.63, 3.8) is 0 Å². The number of halogens is 1. The van der Waals surface area contributed by atoms with Crippen LogP contribution >= 0.6 is 0 Å². The molecule has 4 rings (SSSR count). The highest BCUT2D eigenvalue weighted by atomic mass is 19.1. The van der Waals surface area contributed by atoms with E-state index in [0.717, 1.165) is 5.56 Å². The SMILES string of the molecule is NC(=O)c1ccccc1-c1cc(Nc2nccc(-c3cccnc3)n2)ccc1F. The lowest BCUT2D eigenvalue weighted by Crippen LogP contribution is -2.12. The van der Waals surface area contributed by atoms with Crippen LogP contribution in [0.5, 0.6) is 0 Å². The fourth-order valence-electron chi connectivity index (χ4n) is 2.97. The van der Waals surface area contributed by atoms with Gasteiger partial charge in [0.15, 0.2) is 0 Å². The van der Waals surface area contributed by atoms with Gasteiger partial charge in [-0.05, 0) is 48.0 Å². The maximum Gasteiger partial charge on any atom is 0.249 e. The molecular weight excluding hydrogens is 369 g/mol. The number of aromatic nitrogens is 3. The fraction of sp³-hybridized carbons (Fsp3) is 0. The summed E-state index contributed by atoms with van der Waals surface area (Å²) in [5.74, 6) is -0.729. The van der Waals surface area contributed by atoms with E-state index in [4.69, 9.17) is 5.73 Å². The molecule has 0 aliphatic heterocycles. The van der Waals surface area contributed by atoms with E-state index in [9.17, 15) is 9.18 Å². The van der Waals surface area contributed by atoms with E-state index < -0.39 is 11.7 Å². The van der Waals surface area contributed by atoms with Crippen LogP contribution in [-0.4, -0.2) is 20.9 Å². The lowest BCUT2D eigenvalue weighted by Gasteiger charge is -2.11. The Balaban J connectivity index is 1.69. The van der Waals surface area contributed by atoms with Crippen molar-refractivity contribution in [2.45, 2.75) is 0 Å². The topological polar surface area (TPSA) is 93.8 Å². The van der Waals surface area contributed by atoms with Crippen molar-refractivity contribution >= 4 is 17.5 Å². The average molecular weight is 385 g/mol. The summed E-state index contributed by atoms with van der Waals surface area (Å²) >= 11 is 0. The molecule has 0 bridgehead atoms. The Kier molecular flexibility index (Phi) is 4.94.